The topological polar surface area (TPSA) is 43.0 Å². The van der Waals surface area contributed by atoms with Crippen molar-refractivity contribution in [3.63, 3.8) is 0 Å². The van der Waals surface area contributed by atoms with Crippen LogP contribution in [0.25, 0.3) is 61.1 Å². The van der Waals surface area contributed by atoms with Crippen molar-refractivity contribution < 1.29 is 0 Å². The summed E-state index contributed by atoms with van der Waals surface area (Å²) in [6, 6.07) is 37.8. The number of aromatic nitrogens is 3. The zero-order chi connectivity index (χ0) is 33.6. The van der Waals surface area contributed by atoms with Crippen LogP contribution < -0.4 is 0 Å². The number of aryl methyl sites for hydroxylation is 2. The molecule has 1 aliphatic rings. The van der Waals surface area contributed by atoms with Gasteiger partial charge in [-0.15, -0.1) is 0 Å². The van der Waals surface area contributed by atoms with Gasteiger partial charge in [-0.3, -0.25) is 4.98 Å². The summed E-state index contributed by atoms with van der Waals surface area (Å²) in [6.45, 7) is 21.5. The summed E-state index contributed by atoms with van der Waals surface area (Å²) in [4.78, 5) is 18.8. The molecule has 4 nitrogen and oxygen atoms in total. The van der Waals surface area contributed by atoms with Gasteiger partial charge in [-0.25, -0.2) is 14.8 Å². The highest BCUT2D eigenvalue weighted by Crippen LogP contribution is 2.47. The molecule has 0 radical (unpaired) electrons. The minimum Gasteiger partial charge on any atom is -0.253 e. The van der Waals surface area contributed by atoms with Crippen LogP contribution in [0.15, 0.2) is 109 Å². The lowest BCUT2D eigenvalue weighted by atomic mass is 9.63. The molecule has 0 atom stereocenters. The molecule has 4 heteroatoms. The van der Waals surface area contributed by atoms with Crippen LogP contribution in [0.2, 0.25) is 0 Å². The molecule has 0 N–H and O–H groups in total. The first-order valence-electron chi connectivity index (χ1n) is 16.7. The van der Waals surface area contributed by atoms with Crippen LogP contribution in [0, 0.1) is 20.4 Å². The minimum atomic E-state index is 0.0943. The van der Waals surface area contributed by atoms with Crippen LogP contribution in [-0.2, 0) is 10.8 Å². The molecule has 0 aliphatic heterocycles. The van der Waals surface area contributed by atoms with Gasteiger partial charge in [0.05, 0.1) is 23.7 Å². The van der Waals surface area contributed by atoms with Gasteiger partial charge in [0.1, 0.15) is 0 Å². The van der Waals surface area contributed by atoms with Crippen LogP contribution >= 0.6 is 0 Å². The Balaban J connectivity index is 1.35. The van der Waals surface area contributed by atoms with E-state index in [-0.39, 0.29) is 10.8 Å². The van der Waals surface area contributed by atoms with E-state index < -0.39 is 0 Å². The predicted molar refractivity (Wildman–Crippen MR) is 198 cm³/mol. The fourth-order valence-electron chi connectivity index (χ4n) is 7.02. The summed E-state index contributed by atoms with van der Waals surface area (Å²) in [5.74, 6) is 0.638. The monoisotopic (exact) mass is 624 g/mol. The number of nitrogens with zero attached hydrogens (tertiary/aromatic N) is 4. The minimum absolute atomic E-state index is 0.0943. The third-order valence-corrected chi connectivity index (χ3v) is 9.86. The molecular formula is C44H40N4. The number of pyridine rings is 1. The lowest BCUT2D eigenvalue weighted by molar-refractivity contribution is 0.332. The molecule has 6 aromatic rings. The zero-order valence-corrected chi connectivity index (χ0v) is 28.6. The van der Waals surface area contributed by atoms with Crippen molar-refractivity contribution in [1.29, 1.82) is 0 Å². The number of rotatable bonds is 5. The van der Waals surface area contributed by atoms with Crippen LogP contribution in [0.3, 0.4) is 0 Å². The molecule has 2 aromatic heterocycles. The van der Waals surface area contributed by atoms with E-state index in [1.165, 1.54) is 23.1 Å². The van der Waals surface area contributed by atoms with Crippen molar-refractivity contribution in [1.82, 2.24) is 15.0 Å². The zero-order valence-electron chi connectivity index (χ0n) is 28.6. The summed E-state index contributed by atoms with van der Waals surface area (Å²) in [5, 5.41) is 0. The maximum absolute atomic E-state index is 7.99. The van der Waals surface area contributed by atoms with E-state index in [0.29, 0.717) is 11.5 Å². The molecule has 0 saturated carbocycles. The maximum Gasteiger partial charge on any atom is 0.188 e. The molecule has 0 saturated heterocycles. The number of fused-ring (bicyclic) bond motifs is 1. The van der Waals surface area contributed by atoms with Crippen molar-refractivity contribution in [3.05, 3.63) is 143 Å². The normalized spacial score (nSPS) is 14.6. The summed E-state index contributed by atoms with van der Waals surface area (Å²) < 4.78 is 0. The highest BCUT2D eigenvalue weighted by atomic mass is 14.9. The van der Waals surface area contributed by atoms with Gasteiger partial charge in [-0.1, -0.05) is 100 Å². The van der Waals surface area contributed by atoms with Gasteiger partial charge in [0.25, 0.3) is 0 Å². The van der Waals surface area contributed by atoms with Crippen molar-refractivity contribution >= 4 is 5.69 Å². The Morgan fingerprint density at radius 3 is 1.79 bits per heavy atom. The van der Waals surface area contributed by atoms with Gasteiger partial charge in [0, 0.05) is 22.4 Å². The van der Waals surface area contributed by atoms with Gasteiger partial charge < -0.3 is 0 Å². The second-order valence-corrected chi connectivity index (χ2v) is 14.5. The second-order valence-electron chi connectivity index (χ2n) is 14.5. The highest BCUT2D eigenvalue weighted by molar-refractivity contribution is 5.80. The Hall–Kier alpha value is -5.40. The Bertz CT molecular complexity index is 2180. The fourth-order valence-corrected chi connectivity index (χ4v) is 7.02. The van der Waals surface area contributed by atoms with E-state index in [0.717, 1.165) is 62.6 Å². The second kappa shape index (κ2) is 12.0. The quantitative estimate of drug-likeness (QED) is 0.179. The first kappa shape index (κ1) is 31.2. The van der Waals surface area contributed by atoms with Gasteiger partial charge in [0.15, 0.2) is 11.5 Å². The molecule has 48 heavy (non-hydrogen) atoms. The smallest absolute Gasteiger partial charge is 0.188 e. The SMILES string of the molecule is [C-]#[N+]c1cc(-c2ccc3c(c2)C(C)(C)CCC3(C)C)cc(-c2cc(-c3ccccc3)nc(-c3ccc(-c4cc(C)cc(C)n4)cc3)n2)c1. The molecule has 1 aliphatic carbocycles. The van der Waals surface area contributed by atoms with Gasteiger partial charge in [0.2, 0.25) is 0 Å². The number of benzene rings is 4. The molecule has 236 valence electrons. The molecule has 0 unspecified atom stereocenters. The summed E-state index contributed by atoms with van der Waals surface area (Å²) >= 11 is 0. The molecule has 4 aromatic carbocycles. The van der Waals surface area contributed by atoms with E-state index in [1.54, 1.807) is 0 Å². The van der Waals surface area contributed by atoms with Gasteiger partial charge >= 0.3 is 0 Å². The largest absolute Gasteiger partial charge is 0.253 e. The van der Waals surface area contributed by atoms with E-state index in [9.17, 15) is 0 Å². The fraction of sp³-hybridized carbons (Fsp3) is 0.227. The molecule has 0 fully saturated rings. The van der Waals surface area contributed by atoms with Crippen molar-refractivity contribution in [2.24, 2.45) is 0 Å². The third-order valence-electron chi connectivity index (χ3n) is 9.86. The Kier molecular flexibility index (Phi) is 7.80. The summed E-state index contributed by atoms with van der Waals surface area (Å²) in [7, 11) is 0. The molecule has 0 spiro atoms. The predicted octanol–water partition coefficient (Wildman–Crippen LogP) is 11.7. The molecule has 0 amide bonds. The Morgan fingerprint density at radius 2 is 1.10 bits per heavy atom. The van der Waals surface area contributed by atoms with Gasteiger partial charge in [-0.05, 0) is 107 Å². The molecule has 7 rings (SSSR count). The van der Waals surface area contributed by atoms with E-state index in [2.05, 4.69) is 112 Å². The molecule has 2 heterocycles. The third kappa shape index (κ3) is 6.05. The lowest BCUT2D eigenvalue weighted by Crippen LogP contribution is -2.33. The Labute approximate surface area is 284 Å². The average Bonchev–Trinajstić information content (AvgIpc) is 3.10. The van der Waals surface area contributed by atoms with Gasteiger partial charge in [-0.2, -0.15) is 0 Å². The maximum atomic E-state index is 7.99. The van der Waals surface area contributed by atoms with Crippen LogP contribution in [0.4, 0.5) is 5.69 Å². The first-order valence-corrected chi connectivity index (χ1v) is 16.7. The lowest BCUT2D eigenvalue weighted by Gasteiger charge is -2.42. The van der Waals surface area contributed by atoms with E-state index >= 15 is 0 Å². The van der Waals surface area contributed by atoms with Crippen molar-refractivity contribution in [2.75, 3.05) is 0 Å². The van der Waals surface area contributed by atoms with E-state index in [4.69, 9.17) is 21.5 Å². The summed E-state index contributed by atoms with van der Waals surface area (Å²) in [5.41, 5.74) is 14.4. The molecule has 0 bridgehead atoms. The van der Waals surface area contributed by atoms with Crippen molar-refractivity contribution in [2.45, 2.75) is 65.2 Å². The highest BCUT2D eigenvalue weighted by Gasteiger charge is 2.37. The number of hydrogen-bond acceptors (Lipinski definition) is 3. The molecular weight excluding hydrogens is 585 g/mol. The average molecular weight is 625 g/mol. The number of hydrogen-bond donors (Lipinski definition) is 0. The van der Waals surface area contributed by atoms with Crippen LogP contribution in [0.5, 0.6) is 0 Å². The van der Waals surface area contributed by atoms with Crippen LogP contribution in [-0.4, -0.2) is 15.0 Å². The van der Waals surface area contributed by atoms with Crippen LogP contribution in [0.1, 0.15) is 62.9 Å². The van der Waals surface area contributed by atoms with E-state index in [1.807, 2.05) is 43.3 Å². The standard InChI is InChI=1S/C44H40N4/c1-28-21-29(2)46-39(22-28)31-13-15-32(16-14-31)42-47-40(30-11-9-8-10-12-30)27-41(48-42)35-23-34(24-36(25-35)45-7)33-17-18-37-38(26-33)44(5,6)20-19-43(37,3)4/h8-18,21-27H,19-20H2,1-6H3. The summed E-state index contributed by atoms with van der Waals surface area (Å²) in [6.07, 6.45) is 2.33. The Morgan fingerprint density at radius 1 is 0.521 bits per heavy atom. The first-order chi connectivity index (χ1) is 23.0. The van der Waals surface area contributed by atoms with Crippen molar-refractivity contribution in [3.8, 4) is 56.3 Å².